The quantitative estimate of drug-likeness (QED) is 0.602. The van der Waals surface area contributed by atoms with Crippen LogP contribution >= 0.6 is 0 Å². The Bertz CT molecular complexity index is 313. The minimum atomic E-state index is -1.15. The van der Waals surface area contributed by atoms with Gasteiger partial charge in [-0.3, -0.25) is 19.3 Å². The lowest BCUT2D eigenvalue weighted by molar-refractivity contribution is -0.150. The molecule has 0 unspecified atom stereocenters. The Morgan fingerprint density at radius 2 is 1.71 bits per heavy atom. The Labute approximate surface area is 81.8 Å². The lowest BCUT2D eigenvalue weighted by Gasteiger charge is -2.31. The summed E-state index contributed by atoms with van der Waals surface area (Å²) in [6, 6.07) is 0. The van der Waals surface area contributed by atoms with E-state index in [2.05, 4.69) is 5.32 Å². The summed E-state index contributed by atoms with van der Waals surface area (Å²) in [7, 11) is 1.46. The molecule has 1 rings (SSSR count). The highest BCUT2D eigenvalue weighted by atomic mass is 16.2. The topological polar surface area (TPSA) is 66.5 Å². The first kappa shape index (κ1) is 10.4. The molecule has 76 valence electrons. The normalized spacial score (nSPS) is 16.4. The van der Waals surface area contributed by atoms with E-state index in [4.69, 9.17) is 0 Å². The average molecular weight is 196 g/mol. The molecule has 14 heavy (non-hydrogen) atoms. The monoisotopic (exact) mass is 196 g/mol. The number of amides is 3. The molecule has 0 radical (unpaired) electrons. The molecule has 0 fully saturated rings. The maximum atomic E-state index is 11.4. The average Bonchev–Trinajstić information content (AvgIpc) is 2.44. The first-order chi connectivity index (χ1) is 6.41. The van der Waals surface area contributed by atoms with Gasteiger partial charge in [-0.25, -0.2) is 0 Å². The molecule has 0 aromatic heterocycles. The molecular formula is C9H12N2O3. The summed E-state index contributed by atoms with van der Waals surface area (Å²) in [5.41, 5.74) is -1.15. The number of nitrogens with zero attached hydrogens (tertiary/aromatic N) is 1. The van der Waals surface area contributed by atoms with E-state index >= 15 is 0 Å². The van der Waals surface area contributed by atoms with Gasteiger partial charge in [-0.1, -0.05) is 0 Å². The molecule has 0 aromatic carbocycles. The summed E-state index contributed by atoms with van der Waals surface area (Å²) < 4.78 is 0. The van der Waals surface area contributed by atoms with Crippen LogP contribution in [0, 0.1) is 0 Å². The van der Waals surface area contributed by atoms with Crippen LogP contribution in [0.25, 0.3) is 0 Å². The fourth-order valence-corrected chi connectivity index (χ4v) is 1.36. The molecule has 1 N–H and O–H groups in total. The molecule has 5 heteroatoms. The predicted octanol–water partition coefficient (Wildman–Crippen LogP) is -0.564. The van der Waals surface area contributed by atoms with Crippen molar-refractivity contribution >= 4 is 17.7 Å². The summed E-state index contributed by atoms with van der Waals surface area (Å²) in [6.07, 6.45) is 2.32. The number of likely N-dealkylation sites (N-methyl/N-ethyl adjacent to an activating group) is 1. The molecule has 0 spiro atoms. The zero-order chi connectivity index (χ0) is 10.9. The number of rotatable bonds is 2. The highest BCUT2D eigenvalue weighted by Crippen LogP contribution is 2.19. The molecule has 5 nitrogen and oxygen atoms in total. The van der Waals surface area contributed by atoms with E-state index in [0.717, 1.165) is 17.1 Å². The minimum Gasteiger partial charge on any atom is -0.357 e. The summed E-state index contributed by atoms with van der Waals surface area (Å²) in [6.45, 7) is 3.04. The van der Waals surface area contributed by atoms with E-state index in [1.165, 1.54) is 20.9 Å². The number of carbonyl (C=O) groups is 3. The molecular weight excluding hydrogens is 184 g/mol. The number of carbonyl (C=O) groups excluding carboxylic acids is 3. The third kappa shape index (κ3) is 1.41. The SMILES string of the molecule is CNC(=O)C(C)(C)N1C(=O)C=CC1=O. The Hall–Kier alpha value is -1.65. The van der Waals surface area contributed by atoms with Crippen LogP contribution < -0.4 is 5.32 Å². The number of nitrogens with one attached hydrogen (secondary N) is 1. The molecule has 1 heterocycles. The van der Waals surface area contributed by atoms with Crippen LogP contribution in [0.5, 0.6) is 0 Å². The second-order valence-corrected chi connectivity index (χ2v) is 3.48. The van der Waals surface area contributed by atoms with Crippen LogP contribution in [0.1, 0.15) is 13.8 Å². The van der Waals surface area contributed by atoms with Gasteiger partial charge in [0.2, 0.25) is 5.91 Å². The van der Waals surface area contributed by atoms with Crippen molar-refractivity contribution in [2.45, 2.75) is 19.4 Å². The van der Waals surface area contributed by atoms with Crippen molar-refractivity contribution in [1.29, 1.82) is 0 Å². The Morgan fingerprint density at radius 3 is 2.07 bits per heavy atom. The van der Waals surface area contributed by atoms with Gasteiger partial charge in [0.15, 0.2) is 0 Å². The van der Waals surface area contributed by atoms with Crippen molar-refractivity contribution in [2.24, 2.45) is 0 Å². The van der Waals surface area contributed by atoms with E-state index in [0.29, 0.717) is 0 Å². The van der Waals surface area contributed by atoms with E-state index in [1.807, 2.05) is 0 Å². The Kier molecular flexibility index (Phi) is 2.42. The maximum absolute atomic E-state index is 11.4. The molecule has 0 saturated heterocycles. The van der Waals surface area contributed by atoms with Gasteiger partial charge in [-0.05, 0) is 13.8 Å². The van der Waals surface area contributed by atoms with Crippen LogP contribution in [0.4, 0.5) is 0 Å². The third-order valence-corrected chi connectivity index (χ3v) is 2.15. The highest BCUT2D eigenvalue weighted by Gasteiger charge is 2.42. The Morgan fingerprint density at radius 1 is 1.29 bits per heavy atom. The number of hydrogen-bond donors (Lipinski definition) is 1. The van der Waals surface area contributed by atoms with E-state index in [1.54, 1.807) is 0 Å². The first-order valence-corrected chi connectivity index (χ1v) is 4.19. The van der Waals surface area contributed by atoms with Gasteiger partial charge in [0, 0.05) is 19.2 Å². The lowest BCUT2D eigenvalue weighted by atomic mass is 10.0. The molecule has 1 aliphatic heterocycles. The fourth-order valence-electron chi connectivity index (χ4n) is 1.36. The zero-order valence-corrected chi connectivity index (χ0v) is 8.33. The van der Waals surface area contributed by atoms with Gasteiger partial charge in [0.05, 0.1) is 0 Å². The van der Waals surface area contributed by atoms with Crippen molar-refractivity contribution < 1.29 is 14.4 Å². The molecule has 0 aliphatic carbocycles. The van der Waals surface area contributed by atoms with Crippen LogP contribution in [0.15, 0.2) is 12.2 Å². The maximum Gasteiger partial charge on any atom is 0.254 e. The van der Waals surface area contributed by atoms with Crippen LogP contribution in [0.3, 0.4) is 0 Å². The number of hydrogen-bond acceptors (Lipinski definition) is 3. The molecule has 0 atom stereocenters. The second-order valence-electron chi connectivity index (χ2n) is 3.48. The molecule has 0 saturated carbocycles. The van der Waals surface area contributed by atoms with Gasteiger partial charge in [-0.2, -0.15) is 0 Å². The summed E-state index contributed by atoms with van der Waals surface area (Å²) >= 11 is 0. The van der Waals surface area contributed by atoms with Crippen molar-refractivity contribution in [3.63, 3.8) is 0 Å². The zero-order valence-electron chi connectivity index (χ0n) is 8.33. The lowest BCUT2D eigenvalue weighted by Crippen LogP contribution is -2.56. The van der Waals surface area contributed by atoms with Crippen molar-refractivity contribution in [2.75, 3.05) is 7.05 Å². The van der Waals surface area contributed by atoms with Gasteiger partial charge >= 0.3 is 0 Å². The fraction of sp³-hybridized carbons (Fsp3) is 0.444. The van der Waals surface area contributed by atoms with Gasteiger partial charge in [0.25, 0.3) is 11.8 Å². The van der Waals surface area contributed by atoms with E-state index < -0.39 is 17.4 Å². The van der Waals surface area contributed by atoms with Gasteiger partial charge < -0.3 is 5.32 Å². The first-order valence-electron chi connectivity index (χ1n) is 4.19. The minimum absolute atomic E-state index is 0.372. The summed E-state index contributed by atoms with van der Waals surface area (Å²) in [5.74, 6) is -1.28. The predicted molar refractivity (Wildman–Crippen MR) is 49.1 cm³/mol. The molecule has 3 amide bonds. The molecule has 1 aliphatic rings. The Balaban J connectivity index is 2.99. The standard InChI is InChI=1S/C9H12N2O3/c1-9(2,8(14)10-3)11-6(12)4-5-7(11)13/h4-5H,1-3H3,(H,10,14). The number of imide groups is 1. The van der Waals surface area contributed by atoms with E-state index in [-0.39, 0.29) is 5.91 Å². The third-order valence-electron chi connectivity index (χ3n) is 2.15. The summed E-state index contributed by atoms with van der Waals surface area (Å²) in [4.78, 5) is 34.9. The summed E-state index contributed by atoms with van der Waals surface area (Å²) in [5, 5.41) is 2.41. The van der Waals surface area contributed by atoms with E-state index in [9.17, 15) is 14.4 Å². The molecule has 0 bridgehead atoms. The largest absolute Gasteiger partial charge is 0.357 e. The van der Waals surface area contributed by atoms with Crippen molar-refractivity contribution in [1.82, 2.24) is 10.2 Å². The van der Waals surface area contributed by atoms with Crippen LogP contribution in [-0.2, 0) is 14.4 Å². The van der Waals surface area contributed by atoms with Gasteiger partial charge in [0.1, 0.15) is 5.54 Å². The van der Waals surface area contributed by atoms with Gasteiger partial charge in [-0.15, -0.1) is 0 Å². The smallest absolute Gasteiger partial charge is 0.254 e. The van der Waals surface area contributed by atoms with Crippen LogP contribution in [-0.4, -0.2) is 35.2 Å². The highest BCUT2D eigenvalue weighted by molar-refractivity contribution is 6.15. The molecule has 0 aromatic rings. The van der Waals surface area contributed by atoms with Crippen molar-refractivity contribution in [3.8, 4) is 0 Å². The van der Waals surface area contributed by atoms with Crippen LogP contribution in [0.2, 0.25) is 0 Å². The second kappa shape index (κ2) is 3.25. The van der Waals surface area contributed by atoms with Crippen molar-refractivity contribution in [3.05, 3.63) is 12.2 Å².